The lowest BCUT2D eigenvalue weighted by molar-refractivity contribution is 0.0696. The molecule has 6 aromatic rings. The molecule has 6 nitrogen and oxygen atoms in total. The van der Waals surface area contributed by atoms with E-state index in [-0.39, 0.29) is 17.3 Å². The van der Waals surface area contributed by atoms with Crippen molar-refractivity contribution in [1.29, 1.82) is 0 Å². The number of carbonyl (C=O) groups is 2. The molecular weight excluding hydrogens is 565 g/mol. The quantitative estimate of drug-likeness (QED) is 0.157. The SMILES string of the molecule is O=C(O)c1ccc(C2(NC(=O)c3ccc(Nc4ccc(F)cc4)c4ccn(Cc5cccc(-c6ccccc6)c5)c34)CC2)cc1. The Bertz CT molecular complexity index is 2030. The zero-order chi connectivity index (χ0) is 31.0. The standard InChI is InChI=1S/C38H30FN3O3/c39-30-13-15-31(16-14-30)40-34-18-17-33(36(43)41-38(20-21-38)29-11-9-27(10-12-29)37(44)45)35-32(34)19-22-42(35)24-25-5-4-8-28(23-25)26-6-2-1-3-7-26/h1-19,22-23,40H,20-21,24H2,(H,41,43)(H,44,45). The zero-order valence-corrected chi connectivity index (χ0v) is 24.3. The summed E-state index contributed by atoms with van der Waals surface area (Å²) < 4.78 is 15.7. The minimum atomic E-state index is -0.984. The van der Waals surface area contributed by atoms with Gasteiger partial charge in [-0.25, -0.2) is 9.18 Å². The molecule has 0 saturated heterocycles. The molecule has 1 saturated carbocycles. The second-order valence-electron chi connectivity index (χ2n) is 11.5. The molecule has 0 unspecified atom stereocenters. The van der Waals surface area contributed by atoms with Gasteiger partial charge in [0.25, 0.3) is 5.91 Å². The highest BCUT2D eigenvalue weighted by atomic mass is 19.1. The van der Waals surface area contributed by atoms with Crippen LogP contribution in [0.25, 0.3) is 22.0 Å². The van der Waals surface area contributed by atoms with Crippen molar-refractivity contribution in [3.63, 3.8) is 0 Å². The van der Waals surface area contributed by atoms with E-state index < -0.39 is 11.5 Å². The topological polar surface area (TPSA) is 83.4 Å². The summed E-state index contributed by atoms with van der Waals surface area (Å²) in [5.74, 6) is -1.50. The number of halogens is 1. The predicted octanol–water partition coefficient (Wildman–Crippen LogP) is 8.36. The number of benzene rings is 5. The summed E-state index contributed by atoms with van der Waals surface area (Å²) in [6.07, 6.45) is 3.53. The number of amides is 1. The van der Waals surface area contributed by atoms with Crippen LogP contribution in [0.15, 0.2) is 128 Å². The molecule has 1 heterocycles. The third-order valence-corrected chi connectivity index (χ3v) is 8.47. The highest BCUT2D eigenvalue weighted by Gasteiger charge is 2.46. The van der Waals surface area contributed by atoms with Gasteiger partial charge in [-0.05, 0) is 95.8 Å². The average Bonchev–Trinajstić information content (AvgIpc) is 3.73. The van der Waals surface area contributed by atoms with E-state index in [0.717, 1.165) is 57.4 Å². The van der Waals surface area contributed by atoms with Crippen LogP contribution in [0.4, 0.5) is 15.8 Å². The first-order chi connectivity index (χ1) is 21.9. The van der Waals surface area contributed by atoms with Crippen LogP contribution in [0, 0.1) is 5.82 Å². The van der Waals surface area contributed by atoms with Crippen LogP contribution < -0.4 is 10.6 Å². The number of rotatable bonds is 9. The maximum absolute atomic E-state index is 14.0. The van der Waals surface area contributed by atoms with E-state index in [9.17, 15) is 19.1 Å². The number of fused-ring (bicyclic) bond motifs is 1. The molecule has 0 aliphatic heterocycles. The van der Waals surface area contributed by atoms with Crippen LogP contribution in [0.2, 0.25) is 0 Å². The Hall–Kier alpha value is -5.69. The molecule has 1 aliphatic carbocycles. The van der Waals surface area contributed by atoms with Crippen molar-refractivity contribution < 1.29 is 19.1 Å². The van der Waals surface area contributed by atoms with Crippen LogP contribution in [-0.4, -0.2) is 21.6 Å². The molecule has 222 valence electrons. The third kappa shape index (κ3) is 5.68. The number of carboxylic acids is 1. The Morgan fingerprint density at radius 1 is 0.800 bits per heavy atom. The van der Waals surface area contributed by atoms with Crippen LogP contribution in [0.1, 0.15) is 44.7 Å². The van der Waals surface area contributed by atoms with Gasteiger partial charge < -0.3 is 20.3 Å². The van der Waals surface area contributed by atoms with E-state index in [1.807, 2.05) is 48.7 Å². The van der Waals surface area contributed by atoms with Crippen LogP contribution in [0.3, 0.4) is 0 Å². The van der Waals surface area contributed by atoms with Gasteiger partial charge in [0.15, 0.2) is 0 Å². The minimum Gasteiger partial charge on any atom is -0.478 e. The normalized spacial score (nSPS) is 13.4. The third-order valence-electron chi connectivity index (χ3n) is 8.47. The summed E-state index contributed by atoms with van der Waals surface area (Å²) in [5.41, 5.74) is 6.76. The summed E-state index contributed by atoms with van der Waals surface area (Å²) in [7, 11) is 0. The lowest BCUT2D eigenvalue weighted by Crippen LogP contribution is -2.35. The summed E-state index contributed by atoms with van der Waals surface area (Å²) in [4.78, 5) is 25.4. The molecule has 1 fully saturated rings. The van der Waals surface area contributed by atoms with Crippen molar-refractivity contribution in [3.05, 3.63) is 156 Å². The number of hydrogen-bond donors (Lipinski definition) is 3. The van der Waals surface area contributed by atoms with Crippen LogP contribution in [-0.2, 0) is 12.1 Å². The molecule has 1 amide bonds. The molecule has 1 aliphatic rings. The van der Waals surface area contributed by atoms with Gasteiger partial charge in [-0.3, -0.25) is 4.79 Å². The number of hydrogen-bond acceptors (Lipinski definition) is 3. The van der Waals surface area contributed by atoms with Crippen molar-refractivity contribution in [1.82, 2.24) is 9.88 Å². The highest BCUT2D eigenvalue weighted by molar-refractivity contribution is 6.10. The van der Waals surface area contributed by atoms with Crippen molar-refractivity contribution in [2.75, 3.05) is 5.32 Å². The first kappa shape index (κ1) is 28.1. The first-order valence-corrected chi connectivity index (χ1v) is 14.8. The number of carboxylic acid groups (broad SMARTS) is 1. The molecule has 7 heteroatoms. The molecule has 3 N–H and O–H groups in total. The molecule has 0 spiro atoms. The van der Waals surface area contributed by atoms with E-state index in [1.165, 1.54) is 12.1 Å². The Labute approximate surface area is 259 Å². The Morgan fingerprint density at radius 2 is 1.53 bits per heavy atom. The van der Waals surface area contributed by atoms with Gasteiger partial charge >= 0.3 is 5.97 Å². The molecular formula is C38H30FN3O3. The molecule has 0 radical (unpaired) electrons. The van der Waals surface area contributed by atoms with E-state index in [4.69, 9.17) is 0 Å². The van der Waals surface area contributed by atoms with Gasteiger partial charge in [0.2, 0.25) is 0 Å². The van der Waals surface area contributed by atoms with Gasteiger partial charge in [-0.1, -0.05) is 60.7 Å². The van der Waals surface area contributed by atoms with Crippen LogP contribution in [0.5, 0.6) is 0 Å². The molecule has 0 atom stereocenters. The molecule has 45 heavy (non-hydrogen) atoms. The largest absolute Gasteiger partial charge is 0.478 e. The van der Waals surface area contributed by atoms with E-state index in [2.05, 4.69) is 45.5 Å². The predicted molar refractivity (Wildman–Crippen MR) is 174 cm³/mol. The monoisotopic (exact) mass is 595 g/mol. The minimum absolute atomic E-state index is 0.203. The van der Waals surface area contributed by atoms with E-state index in [0.29, 0.717) is 12.1 Å². The van der Waals surface area contributed by atoms with Gasteiger partial charge in [-0.2, -0.15) is 0 Å². The second-order valence-corrected chi connectivity index (χ2v) is 11.5. The molecule has 1 aromatic heterocycles. The smallest absolute Gasteiger partial charge is 0.335 e. The molecule has 7 rings (SSSR count). The number of aromatic nitrogens is 1. The number of aromatic carboxylic acids is 1. The maximum Gasteiger partial charge on any atom is 0.335 e. The number of anilines is 2. The molecule has 0 bridgehead atoms. The fourth-order valence-electron chi connectivity index (χ4n) is 5.94. The number of carbonyl (C=O) groups excluding carboxylic acids is 1. The van der Waals surface area contributed by atoms with Crippen molar-refractivity contribution in [2.45, 2.75) is 24.9 Å². The Kier molecular flexibility index (Phi) is 7.14. The lowest BCUT2D eigenvalue weighted by Gasteiger charge is -2.20. The van der Waals surface area contributed by atoms with Crippen molar-refractivity contribution in [3.8, 4) is 11.1 Å². The summed E-state index contributed by atoms with van der Waals surface area (Å²) in [6.45, 7) is 0.548. The van der Waals surface area contributed by atoms with Gasteiger partial charge in [0, 0.05) is 29.5 Å². The fraction of sp³-hybridized carbons (Fsp3) is 0.105. The first-order valence-electron chi connectivity index (χ1n) is 14.8. The van der Waals surface area contributed by atoms with Gasteiger partial charge in [-0.15, -0.1) is 0 Å². The Balaban J connectivity index is 1.25. The number of nitrogens with zero attached hydrogens (tertiary/aromatic N) is 1. The maximum atomic E-state index is 14.0. The Morgan fingerprint density at radius 3 is 2.24 bits per heavy atom. The lowest BCUT2D eigenvalue weighted by atomic mass is 10.0. The summed E-state index contributed by atoms with van der Waals surface area (Å²) >= 11 is 0. The van der Waals surface area contributed by atoms with Gasteiger partial charge in [0.05, 0.1) is 22.2 Å². The number of nitrogens with one attached hydrogen (secondary N) is 2. The summed E-state index contributed by atoms with van der Waals surface area (Å²) in [6, 6.07) is 37.2. The van der Waals surface area contributed by atoms with E-state index >= 15 is 0 Å². The van der Waals surface area contributed by atoms with Gasteiger partial charge in [0.1, 0.15) is 5.82 Å². The zero-order valence-electron chi connectivity index (χ0n) is 24.3. The average molecular weight is 596 g/mol. The van der Waals surface area contributed by atoms with Crippen molar-refractivity contribution >= 4 is 34.2 Å². The van der Waals surface area contributed by atoms with Crippen molar-refractivity contribution in [2.24, 2.45) is 0 Å². The second kappa shape index (κ2) is 11.4. The molecule has 5 aromatic carbocycles. The fourth-order valence-corrected chi connectivity index (χ4v) is 5.94. The highest BCUT2D eigenvalue weighted by Crippen LogP contribution is 2.46. The summed E-state index contributed by atoms with van der Waals surface area (Å²) in [5, 5.41) is 16.8. The van der Waals surface area contributed by atoms with Crippen LogP contribution >= 0.6 is 0 Å². The van der Waals surface area contributed by atoms with E-state index in [1.54, 1.807) is 36.4 Å².